The van der Waals surface area contributed by atoms with E-state index >= 15 is 0 Å². The summed E-state index contributed by atoms with van der Waals surface area (Å²) in [7, 11) is 0. The van der Waals surface area contributed by atoms with E-state index < -0.39 is 0 Å². The third-order valence-corrected chi connectivity index (χ3v) is 3.29. The third kappa shape index (κ3) is 3.50. The Hall–Kier alpha value is -1.58. The number of aryl methyl sites for hydroxylation is 1. The zero-order chi connectivity index (χ0) is 14.7. The Morgan fingerprint density at radius 2 is 2.00 bits per heavy atom. The average molecular weight is 294 g/mol. The fourth-order valence-corrected chi connectivity index (χ4v) is 2.11. The zero-order valence-electron chi connectivity index (χ0n) is 11.5. The molecule has 106 valence electrons. The number of hydrogen-bond acceptors (Lipinski definition) is 2. The molecule has 2 rings (SSSR count). The largest absolute Gasteiger partial charge is 0.488 e. The smallest absolute Gasteiger partial charge is 0.131 e. The van der Waals surface area contributed by atoms with Crippen LogP contribution in [-0.4, -0.2) is 0 Å². The molecule has 20 heavy (non-hydrogen) atoms. The van der Waals surface area contributed by atoms with Crippen molar-refractivity contribution in [3.8, 4) is 5.75 Å². The van der Waals surface area contributed by atoms with Crippen LogP contribution in [0, 0.1) is 12.7 Å². The van der Waals surface area contributed by atoms with Gasteiger partial charge in [-0.1, -0.05) is 35.4 Å². The molecule has 0 heterocycles. The molecule has 0 radical (unpaired) electrons. The highest BCUT2D eigenvalue weighted by Crippen LogP contribution is 2.26. The van der Waals surface area contributed by atoms with Gasteiger partial charge in [0.05, 0.1) is 0 Å². The van der Waals surface area contributed by atoms with E-state index in [0.29, 0.717) is 16.3 Å². The third-order valence-electron chi connectivity index (χ3n) is 3.05. The minimum atomic E-state index is -0.369. The van der Waals surface area contributed by atoms with Crippen LogP contribution in [0.1, 0.15) is 29.7 Å². The van der Waals surface area contributed by atoms with E-state index in [1.165, 1.54) is 6.07 Å². The van der Waals surface area contributed by atoms with Gasteiger partial charge in [-0.25, -0.2) is 4.39 Å². The summed E-state index contributed by atoms with van der Waals surface area (Å²) in [6.07, 6.45) is 0. The standard InChI is InChI=1S/C16H17ClFNO/c1-10-3-6-16(14(7-10)11(2)19)20-9-12-4-5-13(17)8-15(12)18/h3-8,11H,9,19H2,1-2H3. The van der Waals surface area contributed by atoms with Crippen molar-refractivity contribution >= 4 is 11.6 Å². The van der Waals surface area contributed by atoms with Crippen LogP contribution in [0.5, 0.6) is 5.75 Å². The SMILES string of the molecule is Cc1ccc(OCc2ccc(Cl)cc2F)c(C(C)N)c1. The van der Waals surface area contributed by atoms with Crippen LogP contribution < -0.4 is 10.5 Å². The lowest BCUT2D eigenvalue weighted by molar-refractivity contribution is 0.295. The normalized spacial score (nSPS) is 12.2. The minimum Gasteiger partial charge on any atom is -0.488 e. The van der Waals surface area contributed by atoms with E-state index in [0.717, 1.165) is 11.1 Å². The lowest BCUT2D eigenvalue weighted by Gasteiger charge is -2.15. The maximum absolute atomic E-state index is 13.7. The molecule has 0 aliphatic rings. The van der Waals surface area contributed by atoms with E-state index in [1.807, 2.05) is 32.0 Å². The molecule has 0 saturated carbocycles. The quantitative estimate of drug-likeness (QED) is 0.907. The molecule has 2 aromatic rings. The van der Waals surface area contributed by atoms with Crippen molar-refractivity contribution in [2.45, 2.75) is 26.5 Å². The first kappa shape index (κ1) is 14.8. The van der Waals surface area contributed by atoms with Crippen molar-refractivity contribution in [2.75, 3.05) is 0 Å². The summed E-state index contributed by atoms with van der Waals surface area (Å²) in [4.78, 5) is 0. The number of rotatable bonds is 4. The number of halogens is 2. The highest BCUT2D eigenvalue weighted by molar-refractivity contribution is 6.30. The van der Waals surface area contributed by atoms with E-state index in [2.05, 4.69) is 0 Å². The van der Waals surface area contributed by atoms with Gasteiger partial charge in [-0.05, 0) is 32.0 Å². The van der Waals surface area contributed by atoms with Crippen LogP contribution in [0.15, 0.2) is 36.4 Å². The molecule has 0 aliphatic carbocycles. The monoisotopic (exact) mass is 293 g/mol. The van der Waals surface area contributed by atoms with Gasteiger partial charge in [-0.2, -0.15) is 0 Å². The summed E-state index contributed by atoms with van der Waals surface area (Å²) in [6, 6.07) is 10.2. The first-order valence-corrected chi connectivity index (χ1v) is 6.78. The van der Waals surface area contributed by atoms with Gasteiger partial charge in [0.2, 0.25) is 0 Å². The second kappa shape index (κ2) is 6.25. The molecule has 0 amide bonds. The summed E-state index contributed by atoms with van der Waals surface area (Å²) in [5.41, 5.74) is 8.42. The maximum Gasteiger partial charge on any atom is 0.131 e. The van der Waals surface area contributed by atoms with Gasteiger partial charge >= 0.3 is 0 Å². The summed E-state index contributed by atoms with van der Waals surface area (Å²) in [5, 5.41) is 0.373. The molecule has 4 heteroatoms. The molecule has 0 aliphatic heterocycles. The first-order valence-electron chi connectivity index (χ1n) is 6.40. The van der Waals surface area contributed by atoms with Crippen molar-refractivity contribution in [3.63, 3.8) is 0 Å². The van der Waals surface area contributed by atoms with Crippen LogP contribution in [0.3, 0.4) is 0 Å². The van der Waals surface area contributed by atoms with Crippen molar-refractivity contribution < 1.29 is 9.13 Å². The van der Waals surface area contributed by atoms with Crippen LogP contribution in [-0.2, 0) is 6.61 Å². The Balaban J connectivity index is 2.18. The number of benzene rings is 2. The van der Waals surface area contributed by atoms with Crippen LogP contribution in [0.4, 0.5) is 4.39 Å². The van der Waals surface area contributed by atoms with Gasteiger partial charge in [0.15, 0.2) is 0 Å². The van der Waals surface area contributed by atoms with Crippen molar-refractivity contribution in [1.82, 2.24) is 0 Å². The van der Waals surface area contributed by atoms with E-state index in [-0.39, 0.29) is 18.5 Å². The Bertz CT molecular complexity index is 613. The van der Waals surface area contributed by atoms with E-state index in [9.17, 15) is 4.39 Å². The number of ether oxygens (including phenoxy) is 1. The number of hydrogen-bond donors (Lipinski definition) is 1. The number of nitrogens with two attached hydrogens (primary N) is 1. The molecule has 0 spiro atoms. The van der Waals surface area contributed by atoms with E-state index in [1.54, 1.807) is 12.1 Å². The van der Waals surface area contributed by atoms with Crippen molar-refractivity contribution in [2.24, 2.45) is 5.73 Å². The molecular formula is C16H17ClFNO. The first-order chi connectivity index (χ1) is 9.47. The highest BCUT2D eigenvalue weighted by Gasteiger charge is 2.10. The topological polar surface area (TPSA) is 35.2 Å². The molecule has 0 bridgehead atoms. The molecule has 0 saturated heterocycles. The van der Waals surface area contributed by atoms with Crippen LogP contribution in [0.25, 0.3) is 0 Å². The zero-order valence-corrected chi connectivity index (χ0v) is 12.2. The van der Waals surface area contributed by atoms with Gasteiger partial charge in [-0.3, -0.25) is 0 Å². The molecule has 0 aromatic heterocycles. The summed E-state index contributed by atoms with van der Waals surface area (Å²) in [6.45, 7) is 4.03. The Labute approximate surface area is 123 Å². The van der Waals surface area contributed by atoms with Crippen molar-refractivity contribution in [1.29, 1.82) is 0 Å². The summed E-state index contributed by atoms with van der Waals surface area (Å²) < 4.78 is 19.4. The van der Waals surface area contributed by atoms with Gasteiger partial charge in [0.25, 0.3) is 0 Å². The lowest BCUT2D eigenvalue weighted by atomic mass is 10.1. The lowest BCUT2D eigenvalue weighted by Crippen LogP contribution is -2.09. The van der Waals surface area contributed by atoms with Crippen molar-refractivity contribution in [3.05, 3.63) is 63.9 Å². The van der Waals surface area contributed by atoms with Gasteiger partial charge < -0.3 is 10.5 Å². The maximum atomic E-state index is 13.7. The van der Waals surface area contributed by atoms with E-state index in [4.69, 9.17) is 22.1 Å². The molecule has 0 fully saturated rings. The minimum absolute atomic E-state index is 0.139. The summed E-state index contributed by atoms with van der Waals surface area (Å²) in [5.74, 6) is 0.312. The Morgan fingerprint density at radius 1 is 1.25 bits per heavy atom. The second-order valence-corrected chi connectivity index (χ2v) is 5.29. The molecule has 1 unspecified atom stereocenters. The van der Waals surface area contributed by atoms with Crippen LogP contribution >= 0.6 is 11.6 Å². The molecule has 2 N–H and O–H groups in total. The summed E-state index contributed by atoms with van der Waals surface area (Å²) >= 11 is 5.72. The molecule has 1 atom stereocenters. The second-order valence-electron chi connectivity index (χ2n) is 4.85. The molecular weight excluding hydrogens is 277 g/mol. The predicted molar refractivity (Wildman–Crippen MR) is 79.5 cm³/mol. The molecule has 2 nitrogen and oxygen atoms in total. The van der Waals surface area contributed by atoms with Gasteiger partial charge in [-0.15, -0.1) is 0 Å². The predicted octanol–water partition coefficient (Wildman–Crippen LogP) is 4.39. The fourth-order valence-electron chi connectivity index (χ4n) is 1.95. The van der Waals surface area contributed by atoms with Crippen LogP contribution in [0.2, 0.25) is 5.02 Å². The average Bonchev–Trinajstić information content (AvgIpc) is 2.38. The van der Waals surface area contributed by atoms with Gasteiger partial charge in [0.1, 0.15) is 18.2 Å². The van der Waals surface area contributed by atoms with Gasteiger partial charge in [0, 0.05) is 22.2 Å². The Morgan fingerprint density at radius 3 is 2.65 bits per heavy atom. The Kier molecular flexibility index (Phi) is 4.63. The fraction of sp³-hybridized carbons (Fsp3) is 0.250. The highest BCUT2D eigenvalue weighted by atomic mass is 35.5. The molecule has 2 aromatic carbocycles.